The molecule has 7 nitrogen and oxygen atoms in total. The number of hydrogen-bond acceptors (Lipinski definition) is 5. The number of nitrogens with one attached hydrogen (secondary N) is 1. The van der Waals surface area contributed by atoms with Crippen molar-refractivity contribution < 1.29 is 14.1 Å². The SMILES string of the molecule is Cc1cc(NC(=O)N(C)Cc2ccc(CN3C[C@@H](C)O[C@@H](C)C3)cc2)no1. The van der Waals surface area contributed by atoms with Crippen molar-refractivity contribution in [2.24, 2.45) is 0 Å². The third kappa shape index (κ3) is 5.55. The number of hydrogen-bond donors (Lipinski definition) is 1. The maximum absolute atomic E-state index is 12.2. The second kappa shape index (κ2) is 8.54. The summed E-state index contributed by atoms with van der Waals surface area (Å²) in [5, 5.41) is 6.50. The number of nitrogens with zero attached hydrogens (tertiary/aromatic N) is 3. The van der Waals surface area contributed by atoms with Gasteiger partial charge in [-0.05, 0) is 31.9 Å². The van der Waals surface area contributed by atoms with Crippen LogP contribution in [0.3, 0.4) is 0 Å². The van der Waals surface area contributed by atoms with Gasteiger partial charge < -0.3 is 14.2 Å². The zero-order valence-corrected chi connectivity index (χ0v) is 16.4. The van der Waals surface area contributed by atoms with E-state index in [-0.39, 0.29) is 18.2 Å². The van der Waals surface area contributed by atoms with Gasteiger partial charge in [-0.15, -0.1) is 0 Å². The number of morpholine rings is 1. The van der Waals surface area contributed by atoms with Crippen LogP contribution in [0.15, 0.2) is 34.9 Å². The molecule has 2 amide bonds. The van der Waals surface area contributed by atoms with E-state index in [0.29, 0.717) is 18.1 Å². The van der Waals surface area contributed by atoms with Crippen LogP contribution in [0.2, 0.25) is 0 Å². The Labute approximate surface area is 160 Å². The second-order valence-corrected chi connectivity index (χ2v) is 7.38. The zero-order chi connectivity index (χ0) is 19.4. The minimum Gasteiger partial charge on any atom is -0.373 e. The van der Waals surface area contributed by atoms with Gasteiger partial charge in [0.25, 0.3) is 0 Å². The summed E-state index contributed by atoms with van der Waals surface area (Å²) in [5.41, 5.74) is 2.35. The van der Waals surface area contributed by atoms with Crippen molar-refractivity contribution in [2.45, 2.75) is 46.1 Å². The molecule has 0 bridgehead atoms. The van der Waals surface area contributed by atoms with Crippen LogP contribution < -0.4 is 5.32 Å². The molecule has 1 N–H and O–H groups in total. The third-order valence-corrected chi connectivity index (χ3v) is 4.55. The Morgan fingerprint density at radius 1 is 1.22 bits per heavy atom. The number of benzene rings is 1. The molecule has 2 atom stereocenters. The maximum atomic E-state index is 12.2. The van der Waals surface area contributed by atoms with Crippen molar-refractivity contribution >= 4 is 11.8 Å². The van der Waals surface area contributed by atoms with Gasteiger partial charge in [-0.3, -0.25) is 10.2 Å². The molecular formula is C20H28N4O3. The van der Waals surface area contributed by atoms with Crippen molar-refractivity contribution in [1.29, 1.82) is 0 Å². The smallest absolute Gasteiger partial charge is 0.323 e. The number of carbonyl (C=O) groups is 1. The lowest BCUT2D eigenvalue weighted by Crippen LogP contribution is -2.44. The number of aromatic nitrogens is 1. The number of ether oxygens (including phenoxy) is 1. The van der Waals surface area contributed by atoms with Crippen LogP contribution in [0.25, 0.3) is 0 Å². The van der Waals surface area contributed by atoms with Crippen molar-refractivity contribution in [1.82, 2.24) is 15.0 Å². The number of aryl methyl sites for hydroxylation is 1. The van der Waals surface area contributed by atoms with E-state index in [9.17, 15) is 4.79 Å². The van der Waals surface area contributed by atoms with Crippen LogP contribution in [0.4, 0.5) is 10.6 Å². The van der Waals surface area contributed by atoms with E-state index in [0.717, 1.165) is 25.2 Å². The summed E-state index contributed by atoms with van der Waals surface area (Å²) in [6.45, 7) is 9.37. The summed E-state index contributed by atoms with van der Waals surface area (Å²) >= 11 is 0. The first-order valence-corrected chi connectivity index (χ1v) is 9.30. The fraction of sp³-hybridized carbons (Fsp3) is 0.500. The molecule has 1 aromatic heterocycles. The molecule has 1 saturated heterocycles. The number of anilines is 1. The highest BCUT2D eigenvalue weighted by molar-refractivity contribution is 5.88. The molecule has 1 aliphatic rings. The monoisotopic (exact) mass is 372 g/mol. The van der Waals surface area contributed by atoms with Gasteiger partial charge in [0.05, 0.1) is 12.2 Å². The van der Waals surface area contributed by atoms with Crippen molar-refractivity contribution in [3.8, 4) is 0 Å². The van der Waals surface area contributed by atoms with Crippen LogP contribution in [-0.4, -0.2) is 53.3 Å². The van der Waals surface area contributed by atoms with Crippen molar-refractivity contribution in [3.63, 3.8) is 0 Å². The lowest BCUT2D eigenvalue weighted by Gasteiger charge is -2.35. The zero-order valence-electron chi connectivity index (χ0n) is 16.4. The number of rotatable bonds is 5. The standard InChI is InChI=1S/C20H28N4O3/c1-14-9-19(22-27-14)21-20(25)23(4)12-17-5-7-18(8-6-17)13-24-10-15(2)26-16(3)11-24/h5-9,15-16H,10-13H2,1-4H3,(H,21,22,25)/t15-,16+. The largest absolute Gasteiger partial charge is 0.373 e. The normalized spacial score (nSPS) is 20.4. The molecule has 27 heavy (non-hydrogen) atoms. The highest BCUT2D eigenvalue weighted by Crippen LogP contribution is 2.15. The molecule has 146 valence electrons. The third-order valence-electron chi connectivity index (χ3n) is 4.55. The molecule has 2 aromatic rings. The van der Waals surface area contributed by atoms with Crippen LogP contribution in [0.1, 0.15) is 30.7 Å². The van der Waals surface area contributed by atoms with Gasteiger partial charge in [-0.25, -0.2) is 4.79 Å². The Bertz CT molecular complexity index is 749. The Kier molecular flexibility index (Phi) is 6.13. The minimum atomic E-state index is -0.219. The Hall–Kier alpha value is -2.38. The van der Waals surface area contributed by atoms with E-state index in [4.69, 9.17) is 9.26 Å². The molecule has 0 unspecified atom stereocenters. The van der Waals surface area contributed by atoms with Gasteiger partial charge >= 0.3 is 6.03 Å². The highest BCUT2D eigenvalue weighted by Gasteiger charge is 2.22. The average Bonchev–Trinajstić information content (AvgIpc) is 3.00. The lowest BCUT2D eigenvalue weighted by atomic mass is 10.1. The van der Waals surface area contributed by atoms with E-state index in [2.05, 4.69) is 53.5 Å². The molecule has 2 heterocycles. The van der Waals surface area contributed by atoms with Crippen LogP contribution >= 0.6 is 0 Å². The summed E-state index contributed by atoms with van der Waals surface area (Å²) in [7, 11) is 1.76. The van der Waals surface area contributed by atoms with Crippen LogP contribution in [-0.2, 0) is 17.8 Å². The van der Waals surface area contributed by atoms with Gasteiger partial charge in [0.1, 0.15) is 5.76 Å². The molecule has 0 spiro atoms. The van der Waals surface area contributed by atoms with Crippen LogP contribution in [0, 0.1) is 6.92 Å². The number of urea groups is 1. The molecule has 7 heteroatoms. The Morgan fingerprint density at radius 3 is 2.44 bits per heavy atom. The number of amides is 2. The fourth-order valence-electron chi connectivity index (χ4n) is 3.40. The quantitative estimate of drug-likeness (QED) is 0.872. The topological polar surface area (TPSA) is 70.8 Å². The molecule has 1 aromatic carbocycles. The molecule has 1 aliphatic heterocycles. The van der Waals surface area contributed by atoms with E-state index in [1.54, 1.807) is 24.9 Å². The van der Waals surface area contributed by atoms with Crippen molar-refractivity contribution in [2.75, 3.05) is 25.5 Å². The minimum absolute atomic E-state index is 0.219. The Balaban J connectivity index is 1.51. The molecule has 0 radical (unpaired) electrons. The molecule has 0 aliphatic carbocycles. The van der Waals surface area contributed by atoms with E-state index < -0.39 is 0 Å². The lowest BCUT2D eigenvalue weighted by molar-refractivity contribution is -0.0704. The molecular weight excluding hydrogens is 344 g/mol. The first-order chi connectivity index (χ1) is 12.9. The highest BCUT2D eigenvalue weighted by atomic mass is 16.5. The van der Waals surface area contributed by atoms with Gasteiger partial charge in [-0.2, -0.15) is 0 Å². The summed E-state index contributed by atoms with van der Waals surface area (Å²) in [4.78, 5) is 16.3. The second-order valence-electron chi connectivity index (χ2n) is 7.38. The van der Waals surface area contributed by atoms with E-state index in [1.807, 2.05) is 0 Å². The van der Waals surface area contributed by atoms with Crippen molar-refractivity contribution in [3.05, 3.63) is 47.2 Å². The van der Waals surface area contributed by atoms with E-state index in [1.165, 1.54) is 5.56 Å². The molecule has 1 fully saturated rings. The summed E-state index contributed by atoms with van der Waals surface area (Å²) in [6.07, 6.45) is 0.544. The summed E-state index contributed by atoms with van der Waals surface area (Å²) in [5.74, 6) is 1.08. The van der Waals surface area contributed by atoms with Gasteiger partial charge in [0, 0.05) is 39.3 Å². The van der Waals surface area contributed by atoms with E-state index >= 15 is 0 Å². The first-order valence-electron chi connectivity index (χ1n) is 9.30. The summed E-state index contributed by atoms with van der Waals surface area (Å²) in [6, 6.07) is 9.89. The Morgan fingerprint density at radius 2 is 1.85 bits per heavy atom. The fourth-order valence-corrected chi connectivity index (χ4v) is 3.40. The van der Waals surface area contributed by atoms with Gasteiger partial charge in [0.15, 0.2) is 5.82 Å². The molecule has 3 rings (SSSR count). The molecule has 0 saturated carbocycles. The van der Waals surface area contributed by atoms with Gasteiger partial charge in [-0.1, -0.05) is 29.4 Å². The summed E-state index contributed by atoms with van der Waals surface area (Å²) < 4.78 is 10.7. The van der Waals surface area contributed by atoms with Gasteiger partial charge in [0.2, 0.25) is 0 Å². The maximum Gasteiger partial charge on any atom is 0.323 e. The first kappa shape index (κ1) is 19.4. The number of carbonyl (C=O) groups excluding carboxylic acids is 1. The predicted molar refractivity (Wildman–Crippen MR) is 103 cm³/mol. The average molecular weight is 372 g/mol. The van der Waals surface area contributed by atoms with Crippen LogP contribution in [0.5, 0.6) is 0 Å². The predicted octanol–water partition coefficient (Wildman–Crippen LogP) is 3.26.